The second kappa shape index (κ2) is 6.52. The zero-order valence-corrected chi connectivity index (χ0v) is 13.5. The summed E-state index contributed by atoms with van der Waals surface area (Å²) in [6.07, 6.45) is 4.48. The van der Waals surface area contributed by atoms with Crippen molar-refractivity contribution in [3.05, 3.63) is 29.2 Å². The van der Waals surface area contributed by atoms with E-state index < -0.39 is 6.67 Å². The Morgan fingerprint density at radius 2 is 2.17 bits per heavy atom. The number of rotatable bonds is 7. The van der Waals surface area contributed by atoms with Crippen LogP contribution in [0.3, 0.4) is 0 Å². The van der Waals surface area contributed by atoms with Crippen LogP contribution in [-0.2, 0) is 24.3 Å². The van der Waals surface area contributed by atoms with Crippen molar-refractivity contribution in [1.82, 2.24) is 19.6 Å². The number of aryl methyl sites for hydroxylation is 2. The van der Waals surface area contributed by atoms with Gasteiger partial charge in [0.1, 0.15) is 6.67 Å². The standard InChI is InChI=1S/C16H22FN5O/c1-11-14(12(2)22(19-11)10-13-3-4-13)9-16(23)18-15-5-7-21(20-15)8-6-17/h5,7,13H,3-4,6,8-10H2,1-2H3,(H,18,20,23). The Balaban J connectivity index is 1.63. The second-order valence-corrected chi connectivity index (χ2v) is 6.15. The van der Waals surface area contributed by atoms with E-state index in [2.05, 4.69) is 15.5 Å². The minimum absolute atomic E-state index is 0.132. The molecule has 0 aromatic carbocycles. The largest absolute Gasteiger partial charge is 0.309 e. The summed E-state index contributed by atoms with van der Waals surface area (Å²) in [5.74, 6) is 1.06. The highest BCUT2D eigenvalue weighted by molar-refractivity contribution is 5.91. The number of hydrogen-bond donors (Lipinski definition) is 1. The lowest BCUT2D eigenvalue weighted by Gasteiger charge is -2.05. The molecule has 2 aromatic rings. The number of hydrogen-bond acceptors (Lipinski definition) is 3. The van der Waals surface area contributed by atoms with Crippen LogP contribution in [0.15, 0.2) is 12.3 Å². The number of amides is 1. The molecule has 0 atom stereocenters. The van der Waals surface area contributed by atoms with Crippen molar-refractivity contribution in [3.63, 3.8) is 0 Å². The fraction of sp³-hybridized carbons (Fsp3) is 0.562. The van der Waals surface area contributed by atoms with Crippen molar-refractivity contribution in [3.8, 4) is 0 Å². The van der Waals surface area contributed by atoms with E-state index in [0.29, 0.717) is 5.82 Å². The Morgan fingerprint density at radius 3 is 2.87 bits per heavy atom. The Bertz CT molecular complexity index is 701. The Kier molecular flexibility index (Phi) is 4.45. The Labute approximate surface area is 134 Å². The Morgan fingerprint density at radius 1 is 1.39 bits per heavy atom. The van der Waals surface area contributed by atoms with E-state index in [0.717, 1.165) is 29.4 Å². The molecule has 1 aliphatic carbocycles. The average Bonchev–Trinajstić information content (AvgIpc) is 3.16. The van der Waals surface area contributed by atoms with Gasteiger partial charge in [-0.15, -0.1) is 0 Å². The summed E-state index contributed by atoms with van der Waals surface area (Å²) in [6, 6.07) is 1.67. The molecular formula is C16H22FN5O. The summed E-state index contributed by atoms with van der Waals surface area (Å²) < 4.78 is 15.8. The summed E-state index contributed by atoms with van der Waals surface area (Å²) in [5.41, 5.74) is 2.94. The third kappa shape index (κ3) is 3.78. The van der Waals surface area contributed by atoms with Gasteiger partial charge in [-0.05, 0) is 32.6 Å². The summed E-state index contributed by atoms with van der Waals surface area (Å²) in [5, 5.41) is 11.4. The average molecular weight is 319 g/mol. The van der Waals surface area contributed by atoms with Gasteiger partial charge in [-0.1, -0.05) is 0 Å². The smallest absolute Gasteiger partial charge is 0.230 e. The van der Waals surface area contributed by atoms with Gasteiger partial charge in [0.2, 0.25) is 5.91 Å². The molecule has 23 heavy (non-hydrogen) atoms. The molecule has 7 heteroatoms. The fourth-order valence-corrected chi connectivity index (χ4v) is 2.70. The molecule has 1 aliphatic rings. The number of carbonyl (C=O) groups excluding carboxylic acids is 1. The molecule has 3 rings (SSSR count). The minimum Gasteiger partial charge on any atom is -0.309 e. The van der Waals surface area contributed by atoms with Crippen LogP contribution < -0.4 is 5.32 Å². The molecule has 124 valence electrons. The van der Waals surface area contributed by atoms with E-state index in [1.165, 1.54) is 17.5 Å². The number of nitrogens with zero attached hydrogens (tertiary/aromatic N) is 4. The van der Waals surface area contributed by atoms with Crippen molar-refractivity contribution in [2.45, 2.75) is 46.2 Å². The van der Waals surface area contributed by atoms with Gasteiger partial charge in [-0.3, -0.25) is 14.2 Å². The van der Waals surface area contributed by atoms with Crippen LogP contribution in [0.25, 0.3) is 0 Å². The van der Waals surface area contributed by atoms with Crippen molar-refractivity contribution < 1.29 is 9.18 Å². The predicted molar refractivity (Wildman–Crippen MR) is 85.0 cm³/mol. The first kappa shape index (κ1) is 15.7. The molecule has 0 aliphatic heterocycles. The molecule has 0 unspecified atom stereocenters. The topological polar surface area (TPSA) is 64.7 Å². The van der Waals surface area contributed by atoms with Gasteiger partial charge in [-0.2, -0.15) is 10.2 Å². The predicted octanol–water partition coefficient (Wildman–Crippen LogP) is 2.26. The molecular weight excluding hydrogens is 297 g/mol. The van der Waals surface area contributed by atoms with Crippen molar-refractivity contribution in [2.24, 2.45) is 5.92 Å². The van der Waals surface area contributed by atoms with Crippen molar-refractivity contribution in [2.75, 3.05) is 12.0 Å². The lowest BCUT2D eigenvalue weighted by Crippen LogP contribution is -2.16. The van der Waals surface area contributed by atoms with E-state index in [-0.39, 0.29) is 18.9 Å². The molecule has 2 heterocycles. The van der Waals surface area contributed by atoms with Crippen LogP contribution in [0.1, 0.15) is 29.8 Å². The fourth-order valence-electron chi connectivity index (χ4n) is 2.70. The van der Waals surface area contributed by atoms with Crippen LogP contribution >= 0.6 is 0 Å². The number of carbonyl (C=O) groups is 1. The SMILES string of the molecule is Cc1nn(CC2CC2)c(C)c1CC(=O)Nc1ccn(CCF)n1. The van der Waals surface area contributed by atoms with E-state index in [4.69, 9.17) is 0 Å². The molecule has 6 nitrogen and oxygen atoms in total. The third-order valence-electron chi connectivity index (χ3n) is 4.22. The molecule has 0 saturated heterocycles. The molecule has 1 N–H and O–H groups in total. The maximum Gasteiger partial charge on any atom is 0.230 e. The van der Waals surface area contributed by atoms with Crippen LogP contribution in [0, 0.1) is 19.8 Å². The van der Waals surface area contributed by atoms with Gasteiger partial charge in [0, 0.05) is 30.1 Å². The van der Waals surface area contributed by atoms with E-state index in [1.54, 1.807) is 12.3 Å². The van der Waals surface area contributed by atoms with Crippen LogP contribution in [0.4, 0.5) is 10.2 Å². The van der Waals surface area contributed by atoms with Crippen LogP contribution in [-0.4, -0.2) is 32.1 Å². The second-order valence-electron chi connectivity index (χ2n) is 6.15. The maximum atomic E-state index is 12.3. The van der Waals surface area contributed by atoms with Gasteiger partial charge in [-0.25, -0.2) is 4.39 Å². The number of alkyl halides is 1. The number of aromatic nitrogens is 4. The molecule has 0 radical (unpaired) electrons. The molecule has 0 bridgehead atoms. The zero-order valence-electron chi connectivity index (χ0n) is 13.5. The quantitative estimate of drug-likeness (QED) is 0.851. The summed E-state index contributed by atoms with van der Waals surface area (Å²) in [6.45, 7) is 4.62. The number of anilines is 1. The van der Waals surface area contributed by atoms with Crippen LogP contribution in [0.5, 0.6) is 0 Å². The molecule has 1 fully saturated rings. The highest BCUT2D eigenvalue weighted by atomic mass is 19.1. The first-order valence-corrected chi connectivity index (χ1v) is 7.99. The third-order valence-corrected chi connectivity index (χ3v) is 4.22. The lowest BCUT2D eigenvalue weighted by atomic mass is 10.1. The van der Waals surface area contributed by atoms with E-state index in [9.17, 15) is 9.18 Å². The highest BCUT2D eigenvalue weighted by Crippen LogP contribution is 2.31. The number of halogens is 1. The van der Waals surface area contributed by atoms with Gasteiger partial charge in [0.25, 0.3) is 0 Å². The van der Waals surface area contributed by atoms with Gasteiger partial charge in [0.05, 0.1) is 18.7 Å². The minimum atomic E-state index is -0.479. The highest BCUT2D eigenvalue weighted by Gasteiger charge is 2.24. The van der Waals surface area contributed by atoms with E-state index in [1.807, 2.05) is 18.5 Å². The van der Waals surface area contributed by atoms with Crippen molar-refractivity contribution in [1.29, 1.82) is 0 Å². The summed E-state index contributed by atoms with van der Waals surface area (Å²) in [4.78, 5) is 12.2. The normalized spacial score (nSPS) is 14.2. The van der Waals surface area contributed by atoms with E-state index >= 15 is 0 Å². The van der Waals surface area contributed by atoms with Crippen LogP contribution in [0.2, 0.25) is 0 Å². The summed E-state index contributed by atoms with van der Waals surface area (Å²) >= 11 is 0. The van der Waals surface area contributed by atoms with Gasteiger partial charge >= 0.3 is 0 Å². The Hall–Kier alpha value is -2.18. The molecule has 1 saturated carbocycles. The monoisotopic (exact) mass is 319 g/mol. The molecule has 1 amide bonds. The zero-order chi connectivity index (χ0) is 16.4. The van der Waals surface area contributed by atoms with Gasteiger partial charge in [0.15, 0.2) is 5.82 Å². The van der Waals surface area contributed by atoms with Gasteiger partial charge < -0.3 is 5.32 Å². The molecule has 2 aromatic heterocycles. The lowest BCUT2D eigenvalue weighted by molar-refractivity contribution is -0.115. The summed E-state index contributed by atoms with van der Waals surface area (Å²) in [7, 11) is 0. The molecule has 0 spiro atoms. The number of nitrogens with one attached hydrogen (secondary N) is 1. The first-order valence-electron chi connectivity index (χ1n) is 7.99. The maximum absolute atomic E-state index is 12.3. The van der Waals surface area contributed by atoms with Crippen molar-refractivity contribution >= 4 is 11.7 Å². The first-order chi connectivity index (χ1) is 11.1.